The fourth-order valence-corrected chi connectivity index (χ4v) is 6.68. The number of rotatable bonds is 4. The van der Waals surface area contributed by atoms with Gasteiger partial charge in [-0.15, -0.1) is 22.1 Å². The Morgan fingerprint density at radius 2 is 0.860 bits per heavy atom. The first-order chi connectivity index (χ1) is 27.4. The molecule has 0 spiro atoms. The van der Waals surface area contributed by atoms with Crippen molar-refractivity contribution in [2.45, 2.75) is 32.6 Å². The van der Waals surface area contributed by atoms with E-state index in [9.17, 15) is 0 Å². The Kier molecular flexibility index (Phi) is 11.8. The second kappa shape index (κ2) is 17.4. The zero-order chi connectivity index (χ0) is 38.4. The predicted octanol–water partition coefficient (Wildman–Crippen LogP) is 6.32. The van der Waals surface area contributed by atoms with Gasteiger partial charge in [-0.1, -0.05) is 61.8 Å². The summed E-state index contributed by atoms with van der Waals surface area (Å²) in [6, 6.07) is 26.1. The normalized spacial score (nSPS) is 11.1. The Morgan fingerprint density at radius 1 is 0.474 bits per heavy atom. The molecular weight excluding hydrogens is 752 g/mol. The molecule has 0 saturated heterocycles. The summed E-state index contributed by atoms with van der Waals surface area (Å²) in [5.74, 6) is 20.6. The molecule has 6 aromatic heterocycles. The topological polar surface area (TPSA) is 65.6 Å². The maximum atomic E-state index is 5.25. The van der Waals surface area contributed by atoms with Gasteiger partial charge in [-0.3, -0.25) is 0 Å². The van der Waals surface area contributed by atoms with Gasteiger partial charge in [0.05, 0.1) is 22.8 Å². The van der Waals surface area contributed by atoms with Crippen molar-refractivity contribution in [3.05, 3.63) is 160 Å². The van der Waals surface area contributed by atoms with Crippen LogP contribution in [0.3, 0.4) is 0 Å². The van der Waals surface area contributed by atoms with Gasteiger partial charge < -0.3 is 9.97 Å². The van der Waals surface area contributed by atoms with Gasteiger partial charge >= 0.3 is 19.5 Å². The van der Waals surface area contributed by atoms with E-state index >= 15 is 0 Å². The molecule has 2 aliphatic heterocycles. The summed E-state index contributed by atoms with van der Waals surface area (Å²) in [4.78, 5) is 20.9. The number of pyridine rings is 3. The van der Waals surface area contributed by atoms with E-state index in [4.69, 9.17) is 19.9 Å². The number of aryl methyl sites for hydroxylation is 4. The number of hydrogen-bond donors (Lipinski definition) is 0. The molecule has 8 heterocycles. The Hall–Kier alpha value is -6.65. The van der Waals surface area contributed by atoms with Crippen LogP contribution in [0.15, 0.2) is 97.5 Å². The van der Waals surface area contributed by atoms with E-state index in [-0.39, 0.29) is 19.5 Å². The van der Waals surface area contributed by atoms with Crippen molar-refractivity contribution in [3.63, 3.8) is 0 Å². The molecule has 0 unspecified atom stereocenters. The van der Waals surface area contributed by atoms with Gasteiger partial charge in [0.15, 0.2) is 18.6 Å². The summed E-state index contributed by atoms with van der Waals surface area (Å²) < 4.78 is 6.01. The van der Waals surface area contributed by atoms with Crippen molar-refractivity contribution in [3.8, 4) is 35.5 Å². The minimum absolute atomic E-state index is 0. The molecule has 0 fully saturated rings. The van der Waals surface area contributed by atoms with E-state index in [0.29, 0.717) is 28.0 Å². The summed E-state index contributed by atoms with van der Waals surface area (Å²) in [5.41, 5.74) is 12.0. The van der Waals surface area contributed by atoms with Gasteiger partial charge in [0.25, 0.3) is 17.1 Å². The molecule has 0 radical (unpaired) electrons. The predicted molar refractivity (Wildman–Crippen MR) is 221 cm³/mol. The quantitative estimate of drug-likeness (QED) is 0.0908. The average Bonchev–Trinajstić information content (AvgIpc) is 4.05. The molecule has 6 aromatic rings. The summed E-state index contributed by atoms with van der Waals surface area (Å²) in [6.45, 7) is 2.22. The van der Waals surface area contributed by atoms with E-state index < -0.39 is 0 Å². The van der Waals surface area contributed by atoms with Gasteiger partial charge in [-0.05, 0) is 60.9 Å². The van der Waals surface area contributed by atoms with E-state index in [0.717, 1.165) is 81.9 Å². The first-order valence-corrected chi connectivity index (χ1v) is 18.9. The first kappa shape index (κ1) is 38.6. The van der Waals surface area contributed by atoms with Crippen molar-refractivity contribution in [2.24, 2.45) is 21.1 Å². The number of unbranched alkanes of at least 4 members (excludes halogenated alkanes) is 2. The Morgan fingerprint density at radius 3 is 1.28 bits per heavy atom. The third-order valence-corrected chi connectivity index (χ3v) is 9.86. The van der Waals surface area contributed by atoms with Crippen LogP contribution < -0.4 is 23.7 Å². The Balaban J connectivity index is 0.00000496. The molecule has 0 saturated carbocycles. The third-order valence-electron chi connectivity index (χ3n) is 9.86. The minimum Gasteiger partial charge on any atom is -0.656 e. The Bertz CT molecular complexity index is 2890. The molecule has 2 aliphatic rings. The van der Waals surface area contributed by atoms with E-state index in [1.165, 1.54) is 0 Å². The van der Waals surface area contributed by atoms with E-state index in [1.54, 1.807) is 0 Å². The minimum atomic E-state index is 0. The summed E-state index contributed by atoms with van der Waals surface area (Å²) >= 11 is 0. The van der Waals surface area contributed by atoms with Crippen LogP contribution in [0, 0.1) is 35.5 Å². The van der Waals surface area contributed by atoms with Crippen molar-refractivity contribution < 1.29 is 33.2 Å². The molecule has 0 aliphatic carbocycles. The first-order valence-electron chi connectivity index (χ1n) is 18.9. The molecular formula is C49H40N7Zn+3. The number of fused-ring (bicyclic) bond motifs is 8. The van der Waals surface area contributed by atoms with Crippen LogP contribution in [0.4, 0.5) is 0 Å². The fourth-order valence-electron chi connectivity index (χ4n) is 6.68. The molecule has 57 heavy (non-hydrogen) atoms. The standard InChI is InChI=1S/C49H40N7.Zn/c1-5-6-7-17-38-42-24-26-44(50-42)39(21-18-35-14-8-11-32-54(35)2)46-28-30-48(52-46)41(23-20-37-16-10-13-34-56(37)4)49-31-29-47(53-49)40(45-27-25-43(38)51-45)22-19-36-15-9-12-33-55(36)3;/h8-16,24-34H,5-7,17H2,1-4H3;/q+1;+2. The monoisotopic (exact) mass is 790 g/mol. The van der Waals surface area contributed by atoms with Crippen molar-refractivity contribution >= 4 is 46.4 Å². The average molecular weight is 792 g/mol. The van der Waals surface area contributed by atoms with E-state index in [2.05, 4.69) is 54.6 Å². The molecule has 7 nitrogen and oxygen atoms in total. The van der Waals surface area contributed by atoms with Crippen LogP contribution in [0.1, 0.15) is 88.3 Å². The van der Waals surface area contributed by atoms with Crippen LogP contribution in [-0.2, 0) is 47.0 Å². The second-order valence-electron chi connectivity index (χ2n) is 13.8. The Labute approximate surface area is 346 Å². The van der Waals surface area contributed by atoms with E-state index in [1.807, 2.05) is 144 Å². The zero-order valence-electron chi connectivity index (χ0n) is 32.7. The smallest absolute Gasteiger partial charge is 0.656 e. The molecule has 0 N–H and O–H groups in total. The largest absolute Gasteiger partial charge is 2.00 e. The number of nitrogens with zero attached hydrogens (tertiary/aromatic N) is 7. The second-order valence-corrected chi connectivity index (χ2v) is 13.8. The molecule has 0 atom stereocenters. The molecule has 8 bridgehead atoms. The van der Waals surface area contributed by atoms with Crippen LogP contribution in [0.2, 0.25) is 0 Å². The summed E-state index contributed by atoms with van der Waals surface area (Å²) in [7, 11) is 5.97. The van der Waals surface area contributed by atoms with Crippen molar-refractivity contribution in [2.75, 3.05) is 0 Å². The molecule has 0 amide bonds. The summed E-state index contributed by atoms with van der Waals surface area (Å²) in [6.07, 6.45) is 18.2. The maximum Gasteiger partial charge on any atom is 2.00 e. The third kappa shape index (κ3) is 8.46. The van der Waals surface area contributed by atoms with Gasteiger partial charge in [-0.2, -0.15) is 13.7 Å². The SMILES string of the molecule is CCCCCc1c2nc(c(C#Cc3cccc[n+]3C)c3ccc([n-]3)c(C#Cc3cccc[n+]3C)c3nc(c(C#Cc4cccc[n+]4C)c4ccc1[n-]4)C=C3)C=C2.[Zn+2]. The summed E-state index contributed by atoms with van der Waals surface area (Å²) in [5, 5.41) is 0. The van der Waals surface area contributed by atoms with Crippen LogP contribution in [-0.4, -0.2) is 9.97 Å². The number of aromatic nitrogens is 7. The van der Waals surface area contributed by atoms with Crippen LogP contribution in [0.5, 0.6) is 0 Å². The van der Waals surface area contributed by atoms with Crippen LogP contribution >= 0.6 is 0 Å². The van der Waals surface area contributed by atoms with Crippen molar-refractivity contribution in [1.29, 1.82) is 0 Å². The molecule has 8 heteroatoms. The van der Waals surface area contributed by atoms with Gasteiger partial charge in [0.1, 0.15) is 21.1 Å². The molecule has 0 aromatic carbocycles. The maximum absolute atomic E-state index is 5.25. The number of hydrogen-bond acceptors (Lipinski definition) is 2. The molecule has 8 rings (SSSR count). The zero-order valence-corrected chi connectivity index (χ0v) is 35.7. The molecule has 270 valence electrons. The van der Waals surface area contributed by atoms with Crippen molar-refractivity contribution in [1.82, 2.24) is 19.9 Å². The van der Waals surface area contributed by atoms with Gasteiger partial charge in [-0.25, -0.2) is 9.97 Å². The fraction of sp³-hybridized carbons (Fsp3) is 0.163. The van der Waals surface area contributed by atoms with Gasteiger partial charge in [0, 0.05) is 70.8 Å². The van der Waals surface area contributed by atoms with Gasteiger partial charge in [0.2, 0.25) is 0 Å². The van der Waals surface area contributed by atoms with Crippen LogP contribution in [0.25, 0.3) is 46.4 Å².